The molecule has 3 aromatic rings. The van der Waals surface area contributed by atoms with Crippen molar-refractivity contribution in [2.24, 2.45) is 5.14 Å². The molecule has 0 aliphatic heterocycles. The van der Waals surface area contributed by atoms with Gasteiger partial charge in [0.15, 0.2) is 0 Å². The van der Waals surface area contributed by atoms with Gasteiger partial charge < -0.3 is 0 Å². The fourth-order valence-corrected chi connectivity index (χ4v) is 3.96. The van der Waals surface area contributed by atoms with Crippen molar-refractivity contribution in [3.63, 3.8) is 0 Å². The van der Waals surface area contributed by atoms with Crippen LogP contribution in [0.15, 0.2) is 58.1 Å². The molecule has 3 nitrogen and oxygen atoms in total. The normalized spacial score (nSPS) is 12.3. The molecule has 136 valence electrons. The number of hydrogen-bond donors (Lipinski definition) is 1. The molecule has 3 rings (SSSR count). The Kier molecular flexibility index (Phi) is 4.63. The van der Waals surface area contributed by atoms with Crippen LogP contribution >= 0.6 is 11.3 Å². The second kappa shape index (κ2) is 6.49. The Balaban J connectivity index is 2.09. The fraction of sp³-hybridized carbons (Fsp3) is 0.0588. The van der Waals surface area contributed by atoms with Crippen molar-refractivity contribution in [1.29, 1.82) is 0 Å². The van der Waals surface area contributed by atoms with E-state index in [0.29, 0.717) is 22.3 Å². The van der Waals surface area contributed by atoms with Gasteiger partial charge in [-0.2, -0.15) is 24.5 Å². The van der Waals surface area contributed by atoms with Gasteiger partial charge in [-0.25, -0.2) is 17.9 Å². The van der Waals surface area contributed by atoms with Crippen LogP contribution in [0.4, 0.5) is 17.6 Å². The van der Waals surface area contributed by atoms with Gasteiger partial charge in [-0.3, -0.25) is 0 Å². The maximum Gasteiger partial charge on any atom is 0.416 e. The molecule has 0 bridgehead atoms. The molecule has 1 heterocycles. The number of benzene rings is 2. The Bertz CT molecular complexity index is 1070. The number of sulfonamides is 1. The summed E-state index contributed by atoms with van der Waals surface area (Å²) in [4.78, 5) is -0.642. The van der Waals surface area contributed by atoms with Crippen LogP contribution in [0.3, 0.4) is 0 Å². The predicted octanol–water partition coefficient (Wildman–Crippen LogP) is 4.89. The maximum absolute atomic E-state index is 14.1. The van der Waals surface area contributed by atoms with Crippen LogP contribution in [0.1, 0.15) is 5.56 Å². The van der Waals surface area contributed by atoms with Crippen LogP contribution in [0.5, 0.6) is 0 Å². The first kappa shape index (κ1) is 18.6. The topological polar surface area (TPSA) is 60.2 Å². The van der Waals surface area contributed by atoms with E-state index in [1.165, 1.54) is 29.5 Å². The zero-order chi connectivity index (χ0) is 19.1. The third kappa shape index (κ3) is 3.64. The third-order valence-electron chi connectivity index (χ3n) is 3.71. The summed E-state index contributed by atoms with van der Waals surface area (Å²) in [5.41, 5.74) is 0.858. The molecule has 0 aliphatic carbocycles. The minimum atomic E-state index is -4.48. The summed E-state index contributed by atoms with van der Waals surface area (Å²) < 4.78 is 75.5. The number of rotatable bonds is 3. The highest BCUT2D eigenvalue weighted by Crippen LogP contribution is 2.38. The van der Waals surface area contributed by atoms with Crippen LogP contribution < -0.4 is 5.14 Å². The number of primary sulfonamides is 1. The molecule has 0 saturated carbocycles. The van der Waals surface area contributed by atoms with E-state index in [0.717, 1.165) is 24.3 Å². The fourth-order valence-electron chi connectivity index (χ4n) is 2.51. The molecule has 0 atom stereocenters. The van der Waals surface area contributed by atoms with Crippen molar-refractivity contribution in [2.75, 3.05) is 0 Å². The quantitative estimate of drug-likeness (QED) is 0.636. The highest BCUT2D eigenvalue weighted by atomic mass is 32.2. The lowest BCUT2D eigenvalue weighted by Gasteiger charge is -2.10. The summed E-state index contributed by atoms with van der Waals surface area (Å²) in [6, 6.07) is 8.20. The summed E-state index contributed by atoms with van der Waals surface area (Å²) in [5.74, 6) is -1.02. The van der Waals surface area contributed by atoms with E-state index in [-0.39, 0.29) is 0 Å². The first-order valence-electron chi connectivity index (χ1n) is 7.14. The van der Waals surface area contributed by atoms with E-state index < -0.39 is 32.5 Å². The average molecular weight is 401 g/mol. The smallest absolute Gasteiger partial charge is 0.225 e. The molecule has 0 unspecified atom stereocenters. The molecular formula is C17H11F4NO2S2. The number of hydrogen-bond acceptors (Lipinski definition) is 3. The van der Waals surface area contributed by atoms with Gasteiger partial charge >= 0.3 is 6.18 Å². The largest absolute Gasteiger partial charge is 0.416 e. The van der Waals surface area contributed by atoms with Crippen molar-refractivity contribution >= 4 is 21.4 Å². The van der Waals surface area contributed by atoms with Gasteiger partial charge in [-0.15, -0.1) is 0 Å². The molecule has 26 heavy (non-hydrogen) atoms. The minimum Gasteiger partial charge on any atom is -0.225 e. The summed E-state index contributed by atoms with van der Waals surface area (Å²) in [6.07, 6.45) is -4.48. The van der Waals surface area contributed by atoms with E-state index in [1.54, 1.807) is 10.8 Å². The third-order valence-corrected chi connectivity index (χ3v) is 5.40. The van der Waals surface area contributed by atoms with Crippen LogP contribution in [0.25, 0.3) is 22.3 Å². The number of halogens is 4. The highest BCUT2D eigenvalue weighted by molar-refractivity contribution is 7.89. The van der Waals surface area contributed by atoms with Crippen molar-refractivity contribution in [3.8, 4) is 22.3 Å². The molecule has 9 heteroatoms. The zero-order valence-electron chi connectivity index (χ0n) is 12.9. The van der Waals surface area contributed by atoms with Gasteiger partial charge in [0.05, 0.1) is 5.56 Å². The van der Waals surface area contributed by atoms with Gasteiger partial charge in [-0.05, 0) is 46.2 Å². The van der Waals surface area contributed by atoms with Gasteiger partial charge in [-0.1, -0.05) is 18.2 Å². The molecule has 2 N–H and O–H groups in total. The molecular weight excluding hydrogens is 390 g/mol. The first-order valence-corrected chi connectivity index (χ1v) is 9.63. The molecule has 0 radical (unpaired) electrons. The number of alkyl halides is 3. The number of thiophene rings is 1. The monoisotopic (exact) mass is 401 g/mol. The van der Waals surface area contributed by atoms with Gasteiger partial charge in [0.25, 0.3) is 0 Å². The summed E-state index contributed by atoms with van der Waals surface area (Å²) in [5, 5.41) is 8.24. The van der Waals surface area contributed by atoms with E-state index >= 15 is 0 Å². The zero-order valence-corrected chi connectivity index (χ0v) is 14.6. The first-order chi connectivity index (χ1) is 12.1. The van der Waals surface area contributed by atoms with Crippen molar-refractivity contribution in [1.82, 2.24) is 0 Å². The molecule has 0 fully saturated rings. The van der Waals surface area contributed by atoms with Crippen molar-refractivity contribution < 1.29 is 26.0 Å². The highest BCUT2D eigenvalue weighted by Gasteiger charge is 2.30. The second-order valence-corrected chi connectivity index (χ2v) is 7.74. The summed E-state index contributed by atoms with van der Waals surface area (Å²) in [6.45, 7) is 0. The maximum atomic E-state index is 14.1. The Morgan fingerprint density at radius 1 is 0.923 bits per heavy atom. The van der Waals surface area contributed by atoms with E-state index in [2.05, 4.69) is 0 Å². The molecule has 1 aromatic heterocycles. The van der Waals surface area contributed by atoms with E-state index in [9.17, 15) is 26.0 Å². The molecule has 0 saturated heterocycles. The number of nitrogens with two attached hydrogens (primary N) is 1. The van der Waals surface area contributed by atoms with E-state index in [4.69, 9.17) is 5.14 Å². The Hall–Kier alpha value is -2.23. The Labute approximate surface area is 150 Å². The van der Waals surface area contributed by atoms with Crippen LogP contribution in [-0.2, 0) is 16.2 Å². The SMILES string of the molecule is NS(=O)(=O)c1ccc(-c2cscc2-c2cccc(C(F)(F)F)c2)cc1F. The van der Waals surface area contributed by atoms with Crippen LogP contribution in [0, 0.1) is 5.82 Å². The molecule has 0 aliphatic rings. The molecule has 0 amide bonds. The van der Waals surface area contributed by atoms with E-state index in [1.807, 2.05) is 0 Å². The van der Waals surface area contributed by atoms with Crippen molar-refractivity contribution in [3.05, 3.63) is 64.6 Å². The second-order valence-electron chi connectivity index (χ2n) is 5.47. The minimum absolute atomic E-state index is 0.326. The Morgan fingerprint density at radius 2 is 1.54 bits per heavy atom. The lowest BCUT2D eigenvalue weighted by Crippen LogP contribution is -2.13. The lowest BCUT2D eigenvalue weighted by atomic mass is 9.97. The van der Waals surface area contributed by atoms with Crippen LogP contribution in [0.2, 0.25) is 0 Å². The predicted molar refractivity (Wildman–Crippen MR) is 91.5 cm³/mol. The van der Waals surface area contributed by atoms with Gasteiger partial charge in [0.1, 0.15) is 10.7 Å². The average Bonchev–Trinajstić information content (AvgIpc) is 3.02. The lowest BCUT2D eigenvalue weighted by molar-refractivity contribution is -0.137. The van der Waals surface area contributed by atoms with Gasteiger partial charge in [0.2, 0.25) is 10.0 Å². The van der Waals surface area contributed by atoms with Crippen LogP contribution in [-0.4, -0.2) is 8.42 Å². The standard InChI is InChI=1S/C17H11F4NO2S2/c18-15-7-11(4-5-16(15)26(22,23)24)14-9-25-8-13(14)10-2-1-3-12(6-10)17(19,20)21/h1-9H,(H2,22,23,24). The Morgan fingerprint density at radius 3 is 2.08 bits per heavy atom. The summed E-state index contributed by atoms with van der Waals surface area (Å²) >= 11 is 1.24. The molecule has 0 spiro atoms. The van der Waals surface area contributed by atoms with Gasteiger partial charge in [0, 0.05) is 11.1 Å². The summed E-state index contributed by atoms with van der Waals surface area (Å²) in [7, 11) is -4.20. The molecule has 2 aromatic carbocycles. The van der Waals surface area contributed by atoms with Crippen molar-refractivity contribution in [2.45, 2.75) is 11.1 Å².